The van der Waals surface area contributed by atoms with Gasteiger partial charge in [-0.15, -0.1) is 0 Å². The van der Waals surface area contributed by atoms with Crippen molar-refractivity contribution in [3.63, 3.8) is 0 Å². The zero-order chi connectivity index (χ0) is 12.5. The van der Waals surface area contributed by atoms with Gasteiger partial charge in [-0.05, 0) is 46.2 Å². The van der Waals surface area contributed by atoms with E-state index < -0.39 is 0 Å². The van der Waals surface area contributed by atoms with E-state index in [-0.39, 0.29) is 11.2 Å². The maximum Gasteiger partial charge on any atom is 0.0787 e. The number of rotatable bonds is 3. The van der Waals surface area contributed by atoms with Crippen molar-refractivity contribution in [3.05, 3.63) is 30.1 Å². The highest BCUT2D eigenvalue weighted by atomic mass is 16.5. The lowest BCUT2D eigenvalue weighted by atomic mass is 9.94. The summed E-state index contributed by atoms with van der Waals surface area (Å²) in [7, 11) is 0. The lowest BCUT2D eigenvalue weighted by Crippen LogP contribution is -2.43. The van der Waals surface area contributed by atoms with Crippen LogP contribution in [0.3, 0.4) is 0 Å². The molecule has 0 aliphatic carbocycles. The third-order valence-electron chi connectivity index (χ3n) is 3.33. The van der Waals surface area contributed by atoms with E-state index in [1.807, 2.05) is 24.4 Å². The normalized spacial score (nSPS) is 26.0. The molecule has 1 atom stereocenters. The fourth-order valence-corrected chi connectivity index (χ4v) is 2.61. The number of nitrogens with one attached hydrogen (secondary N) is 1. The van der Waals surface area contributed by atoms with Gasteiger partial charge in [-0.3, -0.25) is 4.98 Å². The van der Waals surface area contributed by atoms with Crippen molar-refractivity contribution in [2.45, 2.75) is 57.9 Å². The van der Waals surface area contributed by atoms with Gasteiger partial charge in [0.05, 0.1) is 16.9 Å². The molecular weight excluding hydrogens is 212 g/mol. The van der Waals surface area contributed by atoms with Gasteiger partial charge in [-0.2, -0.15) is 0 Å². The highest BCUT2D eigenvalue weighted by Crippen LogP contribution is 2.37. The van der Waals surface area contributed by atoms with Gasteiger partial charge in [0.15, 0.2) is 0 Å². The zero-order valence-corrected chi connectivity index (χ0v) is 11.2. The SMILES string of the molecule is CC1(C)CC(NCc2ccccn2)C(C)(C)O1. The molecule has 17 heavy (non-hydrogen) atoms. The Balaban J connectivity index is 1.96. The summed E-state index contributed by atoms with van der Waals surface area (Å²) in [4.78, 5) is 4.32. The summed E-state index contributed by atoms with van der Waals surface area (Å²) in [6.45, 7) is 9.40. The molecule has 3 nitrogen and oxygen atoms in total. The van der Waals surface area contributed by atoms with Crippen LogP contribution >= 0.6 is 0 Å². The molecule has 2 rings (SSSR count). The first-order valence-electron chi connectivity index (χ1n) is 6.22. The van der Waals surface area contributed by atoms with Crippen molar-refractivity contribution in [2.24, 2.45) is 0 Å². The molecule has 0 spiro atoms. The summed E-state index contributed by atoms with van der Waals surface area (Å²) in [5, 5.41) is 3.56. The molecule has 1 aromatic heterocycles. The smallest absolute Gasteiger partial charge is 0.0787 e. The first-order chi connectivity index (χ1) is 7.89. The standard InChI is InChI=1S/C14H22N2O/c1-13(2)9-12(14(3,4)17-13)16-10-11-7-5-6-8-15-11/h5-8,12,16H,9-10H2,1-4H3. The molecule has 1 N–H and O–H groups in total. The average molecular weight is 234 g/mol. The average Bonchev–Trinajstić information content (AvgIpc) is 2.45. The van der Waals surface area contributed by atoms with Crippen LogP contribution in [-0.4, -0.2) is 22.2 Å². The summed E-state index contributed by atoms with van der Waals surface area (Å²) in [5.74, 6) is 0. The zero-order valence-electron chi connectivity index (χ0n) is 11.2. The fourth-order valence-electron chi connectivity index (χ4n) is 2.61. The maximum atomic E-state index is 6.05. The van der Waals surface area contributed by atoms with E-state index in [2.05, 4.69) is 38.0 Å². The number of hydrogen-bond acceptors (Lipinski definition) is 3. The monoisotopic (exact) mass is 234 g/mol. The molecule has 0 saturated carbocycles. The summed E-state index contributed by atoms with van der Waals surface area (Å²) in [6.07, 6.45) is 2.87. The van der Waals surface area contributed by atoms with Gasteiger partial charge in [0.1, 0.15) is 0 Å². The van der Waals surface area contributed by atoms with Crippen LogP contribution in [0, 0.1) is 0 Å². The molecule has 1 aliphatic rings. The molecule has 0 bridgehead atoms. The van der Waals surface area contributed by atoms with Crippen LogP contribution in [0.25, 0.3) is 0 Å². The summed E-state index contributed by atoms with van der Waals surface area (Å²) < 4.78 is 6.05. The number of nitrogens with zero attached hydrogens (tertiary/aromatic N) is 1. The van der Waals surface area contributed by atoms with Crippen LogP contribution in [0.4, 0.5) is 0 Å². The van der Waals surface area contributed by atoms with Gasteiger partial charge in [0, 0.05) is 18.8 Å². The largest absolute Gasteiger partial charge is 0.368 e. The van der Waals surface area contributed by atoms with Gasteiger partial charge >= 0.3 is 0 Å². The predicted molar refractivity (Wildman–Crippen MR) is 68.7 cm³/mol. The molecule has 94 valence electrons. The second-order valence-electron chi connectivity index (χ2n) is 5.92. The Labute approximate surface area is 104 Å². The van der Waals surface area contributed by atoms with Crippen molar-refractivity contribution in [3.8, 4) is 0 Å². The van der Waals surface area contributed by atoms with Crippen molar-refractivity contribution < 1.29 is 4.74 Å². The Hall–Kier alpha value is -0.930. The lowest BCUT2D eigenvalue weighted by Gasteiger charge is -2.27. The third-order valence-corrected chi connectivity index (χ3v) is 3.33. The molecule has 1 aliphatic heterocycles. The number of ether oxygens (including phenoxy) is 1. The topological polar surface area (TPSA) is 34.2 Å². The Bertz CT molecular complexity index is 373. The van der Waals surface area contributed by atoms with Gasteiger partial charge in [-0.1, -0.05) is 6.07 Å². The van der Waals surface area contributed by atoms with Crippen molar-refractivity contribution in [1.29, 1.82) is 0 Å². The first-order valence-corrected chi connectivity index (χ1v) is 6.22. The minimum Gasteiger partial charge on any atom is -0.368 e. The summed E-state index contributed by atoms with van der Waals surface area (Å²) in [6, 6.07) is 6.37. The first kappa shape index (κ1) is 12.5. The molecule has 3 heteroatoms. The molecule has 0 amide bonds. The van der Waals surface area contributed by atoms with Crippen LogP contribution in [0.2, 0.25) is 0 Å². The summed E-state index contributed by atoms with van der Waals surface area (Å²) in [5.41, 5.74) is 0.928. The number of pyridine rings is 1. The minimum atomic E-state index is -0.113. The Morgan fingerprint density at radius 1 is 1.35 bits per heavy atom. The number of hydrogen-bond donors (Lipinski definition) is 1. The van der Waals surface area contributed by atoms with E-state index in [1.54, 1.807) is 0 Å². The quantitative estimate of drug-likeness (QED) is 0.872. The van der Waals surface area contributed by atoms with Crippen LogP contribution in [-0.2, 0) is 11.3 Å². The highest BCUT2D eigenvalue weighted by molar-refractivity contribution is 5.05. The van der Waals surface area contributed by atoms with E-state index in [9.17, 15) is 0 Å². The Morgan fingerprint density at radius 2 is 2.12 bits per heavy atom. The molecule has 0 radical (unpaired) electrons. The van der Waals surface area contributed by atoms with Crippen LogP contribution < -0.4 is 5.32 Å². The fraction of sp³-hybridized carbons (Fsp3) is 0.643. The van der Waals surface area contributed by atoms with Gasteiger partial charge in [-0.25, -0.2) is 0 Å². The van der Waals surface area contributed by atoms with E-state index in [0.29, 0.717) is 6.04 Å². The van der Waals surface area contributed by atoms with Crippen LogP contribution in [0.15, 0.2) is 24.4 Å². The molecule has 1 saturated heterocycles. The van der Waals surface area contributed by atoms with Crippen LogP contribution in [0.5, 0.6) is 0 Å². The van der Waals surface area contributed by atoms with E-state index in [1.165, 1.54) is 0 Å². The summed E-state index contributed by atoms with van der Waals surface area (Å²) >= 11 is 0. The molecule has 2 heterocycles. The second-order valence-corrected chi connectivity index (χ2v) is 5.92. The Kier molecular flexibility index (Phi) is 3.23. The molecule has 1 aromatic rings. The van der Waals surface area contributed by atoms with Crippen LogP contribution in [0.1, 0.15) is 39.8 Å². The number of aromatic nitrogens is 1. The third kappa shape index (κ3) is 3.05. The predicted octanol–water partition coefficient (Wildman–Crippen LogP) is 2.52. The maximum absolute atomic E-state index is 6.05. The lowest BCUT2D eigenvalue weighted by molar-refractivity contribution is -0.0699. The molecule has 0 aromatic carbocycles. The Morgan fingerprint density at radius 3 is 2.65 bits per heavy atom. The molecule has 1 fully saturated rings. The van der Waals surface area contributed by atoms with Gasteiger partial charge in [0.25, 0.3) is 0 Å². The van der Waals surface area contributed by atoms with Gasteiger partial charge < -0.3 is 10.1 Å². The second kappa shape index (κ2) is 4.39. The molecular formula is C14H22N2O. The van der Waals surface area contributed by atoms with E-state index in [0.717, 1.165) is 18.7 Å². The molecule has 1 unspecified atom stereocenters. The van der Waals surface area contributed by atoms with Crippen molar-refractivity contribution >= 4 is 0 Å². The van der Waals surface area contributed by atoms with E-state index in [4.69, 9.17) is 4.74 Å². The van der Waals surface area contributed by atoms with Gasteiger partial charge in [0.2, 0.25) is 0 Å². The highest BCUT2D eigenvalue weighted by Gasteiger charge is 2.45. The van der Waals surface area contributed by atoms with Crippen molar-refractivity contribution in [2.75, 3.05) is 0 Å². The van der Waals surface area contributed by atoms with E-state index >= 15 is 0 Å². The van der Waals surface area contributed by atoms with Crippen molar-refractivity contribution in [1.82, 2.24) is 10.3 Å². The minimum absolute atomic E-state index is 0.0364.